The van der Waals surface area contributed by atoms with Crippen LogP contribution in [0.1, 0.15) is 11.1 Å². The highest BCUT2D eigenvalue weighted by Crippen LogP contribution is 2.17. The highest BCUT2D eigenvalue weighted by atomic mass is 16.5. The van der Waals surface area contributed by atoms with Gasteiger partial charge in [0.15, 0.2) is 5.65 Å². The molecule has 0 saturated carbocycles. The maximum Gasteiger partial charge on any atom is 0.264 e. The number of nitrogens with zero attached hydrogens (tertiary/aromatic N) is 4. The lowest BCUT2D eigenvalue weighted by Gasteiger charge is -2.09. The predicted molar refractivity (Wildman–Crippen MR) is 105 cm³/mol. The largest absolute Gasteiger partial charge is 0.492 e. The summed E-state index contributed by atoms with van der Waals surface area (Å²) in [7, 11) is 0. The van der Waals surface area contributed by atoms with Gasteiger partial charge in [0.1, 0.15) is 24.1 Å². The van der Waals surface area contributed by atoms with Crippen LogP contribution >= 0.6 is 0 Å². The van der Waals surface area contributed by atoms with E-state index in [1.807, 2.05) is 62.4 Å². The molecule has 2 aromatic carbocycles. The summed E-state index contributed by atoms with van der Waals surface area (Å²) in [6, 6.07) is 15.7. The Bertz CT molecular complexity index is 1160. The van der Waals surface area contributed by atoms with E-state index < -0.39 is 0 Å². The molecule has 2 aromatic heterocycles. The second-order valence-electron chi connectivity index (χ2n) is 6.49. The van der Waals surface area contributed by atoms with Gasteiger partial charge in [0.25, 0.3) is 5.56 Å². The molecule has 0 N–H and O–H groups in total. The molecule has 27 heavy (non-hydrogen) atoms. The molecule has 6 nitrogen and oxygen atoms in total. The average molecular weight is 360 g/mol. The van der Waals surface area contributed by atoms with Crippen LogP contribution in [-0.2, 0) is 6.54 Å². The number of aryl methyl sites for hydroxylation is 2. The standard InChI is InChI=1S/C21H20N4O2/c1-15-6-5-8-17(12-15)27-11-10-24-14-22-20-18(21(24)26)13-23-25(20)19-9-4-3-7-16(19)2/h3-9,12-14H,10-11H2,1-2H3. The van der Waals surface area contributed by atoms with E-state index in [1.54, 1.807) is 21.8 Å². The average Bonchev–Trinajstić information content (AvgIpc) is 3.09. The normalized spacial score (nSPS) is 11.0. The summed E-state index contributed by atoms with van der Waals surface area (Å²) in [4.78, 5) is 17.2. The van der Waals surface area contributed by atoms with Gasteiger partial charge in [0.05, 0.1) is 18.4 Å². The molecule has 4 rings (SSSR count). The van der Waals surface area contributed by atoms with Crippen LogP contribution in [-0.4, -0.2) is 25.9 Å². The van der Waals surface area contributed by atoms with Crippen molar-refractivity contribution in [3.05, 3.63) is 82.5 Å². The molecular weight excluding hydrogens is 340 g/mol. The summed E-state index contributed by atoms with van der Waals surface area (Å²) < 4.78 is 9.01. The van der Waals surface area contributed by atoms with E-state index in [4.69, 9.17) is 4.74 Å². The molecule has 0 aliphatic heterocycles. The molecule has 0 bridgehead atoms. The van der Waals surface area contributed by atoms with E-state index in [1.165, 1.54) is 0 Å². The fourth-order valence-corrected chi connectivity index (χ4v) is 3.05. The Hall–Kier alpha value is -3.41. The SMILES string of the molecule is Cc1cccc(OCCn2cnc3c(cnn3-c3ccccc3C)c2=O)c1. The molecule has 2 heterocycles. The Labute approximate surface area is 156 Å². The van der Waals surface area contributed by atoms with Gasteiger partial charge in [-0.2, -0.15) is 5.10 Å². The van der Waals surface area contributed by atoms with Crippen molar-refractivity contribution in [1.82, 2.24) is 19.3 Å². The number of hydrogen-bond donors (Lipinski definition) is 0. The number of aromatic nitrogens is 4. The van der Waals surface area contributed by atoms with E-state index in [0.717, 1.165) is 22.6 Å². The Morgan fingerprint density at radius 1 is 1.07 bits per heavy atom. The summed E-state index contributed by atoms with van der Waals surface area (Å²) in [6.45, 7) is 4.84. The third kappa shape index (κ3) is 3.33. The number of hydrogen-bond acceptors (Lipinski definition) is 4. The molecular formula is C21H20N4O2. The molecule has 0 saturated heterocycles. The van der Waals surface area contributed by atoms with Crippen LogP contribution in [0.5, 0.6) is 5.75 Å². The van der Waals surface area contributed by atoms with Crippen LogP contribution in [0, 0.1) is 13.8 Å². The fourth-order valence-electron chi connectivity index (χ4n) is 3.05. The molecule has 0 unspecified atom stereocenters. The summed E-state index contributed by atoms with van der Waals surface area (Å²) >= 11 is 0. The maximum absolute atomic E-state index is 12.8. The quantitative estimate of drug-likeness (QED) is 0.548. The highest BCUT2D eigenvalue weighted by molar-refractivity contribution is 5.75. The van der Waals surface area contributed by atoms with Crippen molar-refractivity contribution in [2.45, 2.75) is 20.4 Å². The molecule has 0 aliphatic rings. The first-order chi connectivity index (χ1) is 13.1. The Morgan fingerprint density at radius 3 is 2.74 bits per heavy atom. The van der Waals surface area contributed by atoms with Gasteiger partial charge in [-0.3, -0.25) is 9.36 Å². The third-order valence-corrected chi connectivity index (χ3v) is 4.49. The lowest BCUT2D eigenvalue weighted by Crippen LogP contribution is -2.23. The van der Waals surface area contributed by atoms with Gasteiger partial charge >= 0.3 is 0 Å². The van der Waals surface area contributed by atoms with Crippen molar-refractivity contribution < 1.29 is 4.74 Å². The maximum atomic E-state index is 12.8. The number of rotatable bonds is 5. The number of ether oxygens (including phenoxy) is 1. The summed E-state index contributed by atoms with van der Waals surface area (Å²) in [5.41, 5.74) is 3.56. The van der Waals surface area contributed by atoms with Crippen molar-refractivity contribution in [1.29, 1.82) is 0 Å². The Kier molecular flexibility index (Phi) is 4.46. The van der Waals surface area contributed by atoms with Crippen LogP contribution in [0.2, 0.25) is 0 Å². The number of benzene rings is 2. The van der Waals surface area contributed by atoms with Crippen LogP contribution in [0.25, 0.3) is 16.7 Å². The van der Waals surface area contributed by atoms with E-state index in [9.17, 15) is 4.79 Å². The summed E-state index contributed by atoms with van der Waals surface area (Å²) in [5.74, 6) is 0.796. The second-order valence-corrected chi connectivity index (χ2v) is 6.49. The van der Waals surface area contributed by atoms with Crippen molar-refractivity contribution >= 4 is 11.0 Å². The molecule has 0 atom stereocenters. The minimum absolute atomic E-state index is 0.118. The molecule has 0 radical (unpaired) electrons. The zero-order valence-corrected chi connectivity index (χ0v) is 15.3. The van der Waals surface area contributed by atoms with E-state index in [0.29, 0.717) is 24.2 Å². The third-order valence-electron chi connectivity index (χ3n) is 4.49. The van der Waals surface area contributed by atoms with Crippen LogP contribution in [0.4, 0.5) is 0 Å². The first-order valence-electron chi connectivity index (χ1n) is 8.82. The number of para-hydroxylation sites is 1. The van der Waals surface area contributed by atoms with E-state index in [2.05, 4.69) is 10.1 Å². The summed E-state index contributed by atoms with van der Waals surface area (Å²) in [6.07, 6.45) is 3.13. The topological polar surface area (TPSA) is 61.9 Å². The van der Waals surface area contributed by atoms with Crippen molar-refractivity contribution in [3.63, 3.8) is 0 Å². The van der Waals surface area contributed by atoms with Crippen molar-refractivity contribution in [2.24, 2.45) is 0 Å². The van der Waals surface area contributed by atoms with Crippen LogP contribution < -0.4 is 10.3 Å². The molecule has 0 spiro atoms. The summed E-state index contributed by atoms with van der Waals surface area (Å²) in [5, 5.41) is 4.87. The van der Waals surface area contributed by atoms with Crippen molar-refractivity contribution in [3.8, 4) is 11.4 Å². The van der Waals surface area contributed by atoms with Gasteiger partial charge in [0.2, 0.25) is 0 Å². The van der Waals surface area contributed by atoms with Gasteiger partial charge in [-0.25, -0.2) is 9.67 Å². The molecule has 0 fully saturated rings. The first kappa shape index (κ1) is 17.0. The molecule has 6 heteroatoms. The monoisotopic (exact) mass is 360 g/mol. The zero-order chi connectivity index (χ0) is 18.8. The molecule has 4 aromatic rings. The lowest BCUT2D eigenvalue weighted by atomic mass is 10.2. The molecule has 0 aliphatic carbocycles. The second kappa shape index (κ2) is 7.07. The molecule has 0 amide bonds. The first-order valence-corrected chi connectivity index (χ1v) is 8.82. The van der Waals surface area contributed by atoms with E-state index >= 15 is 0 Å². The zero-order valence-electron chi connectivity index (χ0n) is 15.3. The van der Waals surface area contributed by atoms with Gasteiger partial charge in [-0.15, -0.1) is 0 Å². The van der Waals surface area contributed by atoms with Gasteiger partial charge < -0.3 is 4.74 Å². The number of fused-ring (bicyclic) bond motifs is 1. The van der Waals surface area contributed by atoms with Crippen LogP contribution in [0.3, 0.4) is 0 Å². The smallest absolute Gasteiger partial charge is 0.264 e. The molecule has 136 valence electrons. The van der Waals surface area contributed by atoms with E-state index in [-0.39, 0.29) is 5.56 Å². The minimum atomic E-state index is -0.118. The van der Waals surface area contributed by atoms with Gasteiger partial charge in [0, 0.05) is 0 Å². The fraction of sp³-hybridized carbons (Fsp3) is 0.190. The lowest BCUT2D eigenvalue weighted by molar-refractivity contribution is 0.296. The van der Waals surface area contributed by atoms with Gasteiger partial charge in [-0.05, 0) is 43.2 Å². The highest BCUT2D eigenvalue weighted by Gasteiger charge is 2.12. The van der Waals surface area contributed by atoms with Gasteiger partial charge in [-0.1, -0.05) is 30.3 Å². The van der Waals surface area contributed by atoms with Crippen LogP contribution in [0.15, 0.2) is 65.8 Å². The Balaban J connectivity index is 1.58. The minimum Gasteiger partial charge on any atom is -0.492 e. The predicted octanol–water partition coefficient (Wildman–Crippen LogP) is 3.28. The van der Waals surface area contributed by atoms with Crippen molar-refractivity contribution in [2.75, 3.05) is 6.61 Å². The Morgan fingerprint density at radius 2 is 1.93 bits per heavy atom.